The predicted octanol–water partition coefficient (Wildman–Crippen LogP) is -6.00. The second-order valence-corrected chi connectivity index (χ2v) is 3.82. The summed E-state index contributed by atoms with van der Waals surface area (Å²) >= 11 is 0. The quantitative estimate of drug-likeness (QED) is 0.559. The Labute approximate surface area is 129 Å². The maximum absolute atomic E-state index is 11.0. The number of nitrogens with zero attached hydrogens (tertiary/aromatic N) is 2. The fraction of sp³-hybridized carbons (Fsp3) is 0.154. The first-order valence-corrected chi connectivity index (χ1v) is 5.56. The highest BCUT2D eigenvalue weighted by Gasteiger charge is 2.07. The van der Waals surface area contributed by atoms with Gasteiger partial charge in [0.1, 0.15) is 5.56 Å². The molecule has 0 unspecified atom stereocenters. The zero-order valence-electron chi connectivity index (χ0n) is 10.7. The third kappa shape index (κ3) is 5.52. The first-order chi connectivity index (χ1) is 8.75. The number of carbonyl (C=O) groups excluding carboxylic acids is 1. The number of primary amides is 1. The molecular formula is C13H15Cl2N3O2. The van der Waals surface area contributed by atoms with Gasteiger partial charge in [-0.05, 0) is 6.07 Å². The van der Waals surface area contributed by atoms with Gasteiger partial charge >= 0.3 is 0 Å². The van der Waals surface area contributed by atoms with Crippen LogP contribution in [0.4, 0.5) is 0 Å². The minimum atomic E-state index is -0.443. The van der Waals surface area contributed by atoms with Crippen LogP contribution in [0, 0.1) is 0 Å². The normalized spacial score (nSPS) is 9.20. The van der Waals surface area contributed by atoms with Crippen LogP contribution < -0.4 is 39.7 Å². The molecule has 2 rings (SSSR count). The zero-order chi connectivity index (χ0) is 12.8. The van der Waals surface area contributed by atoms with E-state index in [4.69, 9.17) is 10.5 Å². The number of ether oxygens (including phenoxy) is 1. The number of halogens is 2. The summed E-state index contributed by atoms with van der Waals surface area (Å²) in [6.07, 6.45) is 7.33. The lowest BCUT2D eigenvalue weighted by atomic mass is 10.3. The van der Waals surface area contributed by atoms with Gasteiger partial charge in [-0.2, -0.15) is 9.13 Å². The van der Waals surface area contributed by atoms with Gasteiger partial charge in [0.25, 0.3) is 19.4 Å². The van der Waals surface area contributed by atoms with Gasteiger partial charge in [-0.25, -0.2) is 0 Å². The molecule has 0 spiro atoms. The second-order valence-electron chi connectivity index (χ2n) is 3.82. The summed E-state index contributed by atoms with van der Waals surface area (Å²) in [6.45, 7) is 0.817. The van der Waals surface area contributed by atoms with Crippen LogP contribution in [0.1, 0.15) is 10.4 Å². The van der Waals surface area contributed by atoms with Crippen LogP contribution in [-0.4, -0.2) is 5.91 Å². The standard InChI is InChI=1S/C13H14N3O2.2ClH/c14-13(17)12-5-4-8-16(9-12)11-18-10-15-6-2-1-3-7-15;;/h1-9H,10-11H2,(H-,14,17);2*1H/q+1;;/p-1. The molecule has 2 heterocycles. The van der Waals surface area contributed by atoms with Gasteiger partial charge in [-0.15, -0.1) is 0 Å². The molecule has 0 saturated heterocycles. The summed E-state index contributed by atoms with van der Waals surface area (Å²) < 4.78 is 9.20. The molecule has 0 radical (unpaired) electrons. The van der Waals surface area contributed by atoms with E-state index in [9.17, 15) is 4.79 Å². The van der Waals surface area contributed by atoms with Gasteiger partial charge in [-0.1, -0.05) is 6.07 Å². The highest BCUT2D eigenvalue weighted by molar-refractivity contribution is 5.92. The third-order valence-electron chi connectivity index (χ3n) is 2.40. The summed E-state index contributed by atoms with van der Waals surface area (Å²) in [7, 11) is 0. The van der Waals surface area contributed by atoms with E-state index >= 15 is 0 Å². The van der Waals surface area contributed by atoms with Crippen molar-refractivity contribution < 1.29 is 43.5 Å². The Hall–Kier alpha value is -1.69. The van der Waals surface area contributed by atoms with Crippen LogP contribution in [0.25, 0.3) is 0 Å². The largest absolute Gasteiger partial charge is 1.00 e. The molecule has 1 amide bonds. The Bertz CT molecular complexity index is 538. The van der Waals surface area contributed by atoms with Gasteiger partial charge in [0.15, 0.2) is 24.8 Å². The van der Waals surface area contributed by atoms with Crippen molar-refractivity contribution in [2.75, 3.05) is 0 Å². The fourth-order valence-corrected chi connectivity index (χ4v) is 1.52. The van der Waals surface area contributed by atoms with Gasteiger partial charge in [-0.3, -0.25) is 9.53 Å². The number of hydrogen-bond acceptors (Lipinski definition) is 2. The fourth-order valence-electron chi connectivity index (χ4n) is 1.52. The molecule has 20 heavy (non-hydrogen) atoms. The lowest BCUT2D eigenvalue weighted by Gasteiger charge is -1.98. The monoisotopic (exact) mass is 315 g/mol. The van der Waals surface area contributed by atoms with E-state index in [1.54, 1.807) is 22.9 Å². The second kappa shape index (κ2) is 9.25. The molecule has 7 heteroatoms. The first kappa shape index (κ1) is 18.3. The number of rotatable bonds is 5. The van der Waals surface area contributed by atoms with E-state index in [-0.39, 0.29) is 24.8 Å². The van der Waals surface area contributed by atoms with E-state index in [2.05, 4.69) is 0 Å². The average Bonchev–Trinajstić information content (AvgIpc) is 2.40. The predicted molar refractivity (Wildman–Crippen MR) is 62.9 cm³/mol. The SMILES string of the molecule is NC(=O)c1ccc[n+](COC[n+]2ccccc2)c1.[Cl-].[Cl-]. The van der Waals surface area contributed by atoms with Crippen molar-refractivity contribution >= 4 is 5.91 Å². The van der Waals surface area contributed by atoms with Crippen LogP contribution in [0.3, 0.4) is 0 Å². The molecule has 0 bridgehead atoms. The average molecular weight is 316 g/mol. The van der Waals surface area contributed by atoms with Crippen LogP contribution in [0.2, 0.25) is 0 Å². The van der Waals surface area contributed by atoms with Crippen LogP contribution in [0.5, 0.6) is 0 Å². The summed E-state index contributed by atoms with van der Waals surface area (Å²) in [5.41, 5.74) is 5.67. The molecule has 0 atom stereocenters. The molecule has 0 fully saturated rings. The minimum Gasteiger partial charge on any atom is -1.00 e. The van der Waals surface area contributed by atoms with Crippen molar-refractivity contribution in [2.45, 2.75) is 13.5 Å². The number of amides is 1. The maximum Gasteiger partial charge on any atom is 0.257 e. The molecule has 0 aliphatic heterocycles. The lowest BCUT2D eigenvalue weighted by Crippen LogP contribution is -3.00. The number of carbonyl (C=O) groups is 1. The summed E-state index contributed by atoms with van der Waals surface area (Å²) in [5.74, 6) is -0.443. The number of pyridine rings is 2. The molecule has 2 aromatic heterocycles. The van der Waals surface area contributed by atoms with Crippen LogP contribution >= 0.6 is 0 Å². The number of nitrogens with two attached hydrogens (primary N) is 1. The van der Waals surface area contributed by atoms with Crippen LogP contribution in [0.15, 0.2) is 55.1 Å². The van der Waals surface area contributed by atoms with Gasteiger partial charge in [0.2, 0.25) is 0 Å². The molecule has 0 saturated carbocycles. The highest BCUT2D eigenvalue weighted by Crippen LogP contribution is 1.92. The van der Waals surface area contributed by atoms with Crippen molar-refractivity contribution in [3.05, 3.63) is 60.7 Å². The van der Waals surface area contributed by atoms with E-state index in [0.29, 0.717) is 19.0 Å². The zero-order valence-corrected chi connectivity index (χ0v) is 12.2. The van der Waals surface area contributed by atoms with Gasteiger partial charge in [0.05, 0.1) is 0 Å². The Kier molecular flexibility index (Phi) is 8.47. The molecule has 0 aliphatic carbocycles. The summed E-state index contributed by atoms with van der Waals surface area (Å²) in [5, 5.41) is 0. The number of aromatic nitrogens is 2. The topological polar surface area (TPSA) is 60.1 Å². The van der Waals surface area contributed by atoms with Gasteiger partial charge < -0.3 is 30.5 Å². The van der Waals surface area contributed by atoms with Crippen molar-refractivity contribution in [3.8, 4) is 0 Å². The maximum atomic E-state index is 11.0. The first-order valence-electron chi connectivity index (χ1n) is 5.56. The molecule has 0 aliphatic rings. The Morgan fingerprint density at radius 3 is 2.25 bits per heavy atom. The smallest absolute Gasteiger partial charge is 0.257 e. The van der Waals surface area contributed by atoms with Crippen LogP contribution in [-0.2, 0) is 18.2 Å². The van der Waals surface area contributed by atoms with E-state index in [1.165, 1.54) is 0 Å². The van der Waals surface area contributed by atoms with E-state index < -0.39 is 5.91 Å². The van der Waals surface area contributed by atoms with Gasteiger partial charge in [0, 0.05) is 18.2 Å². The summed E-state index contributed by atoms with van der Waals surface area (Å²) in [6, 6.07) is 9.25. The molecule has 108 valence electrons. The molecule has 2 aromatic rings. The number of hydrogen-bond donors (Lipinski definition) is 1. The van der Waals surface area contributed by atoms with E-state index in [0.717, 1.165) is 0 Å². The molecule has 2 N–H and O–H groups in total. The van der Waals surface area contributed by atoms with Crippen molar-refractivity contribution in [2.24, 2.45) is 5.73 Å². The van der Waals surface area contributed by atoms with Crippen molar-refractivity contribution in [3.63, 3.8) is 0 Å². The molecule has 0 aromatic carbocycles. The summed E-state index contributed by atoms with van der Waals surface area (Å²) in [4.78, 5) is 11.0. The third-order valence-corrected chi connectivity index (χ3v) is 2.40. The van der Waals surface area contributed by atoms with E-state index in [1.807, 2.05) is 41.4 Å². The van der Waals surface area contributed by atoms with Crippen molar-refractivity contribution in [1.29, 1.82) is 0 Å². The molecular weight excluding hydrogens is 301 g/mol. The molecule has 5 nitrogen and oxygen atoms in total. The Morgan fingerprint density at radius 2 is 1.60 bits per heavy atom. The van der Waals surface area contributed by atoms with Crippen molar-refractivity contribution in [1.82, 2.24) is 0 Å². The Balaban J connectivity index is 0.00000180. The highest BCUT2D eigenvalue weighted by atomic mass is 35.5. The lowest BCUT2D eigenvalue weighted by molar-refractivity contribution is -0.788. The Morgan fingerprint density at radius 1 is 1.00 bits per heavy atom. The minimum absolute atomic E-state index is 0.